The van der Waals surface area contributed by atoms with Gasteiger partial charge in [-0.15, -0.1) is 0 Å². The molecule has 0 fully saturated rings. The summed E-state index contributed by atoms with van der Waals surface area (Å²) < 4.78 is 11.4. The van der Waals surface area contributed by atoms with Crippen molar-refractivity contribution in [3.8, 4) is 5.75 Å². The third-order valence-electron chi connectivity index (χ3n) is 3.53. The van der Waals surface area contributed by atoms with Crippen molar-refractivity contribution >= 4 is 27.8 Å². The number of hydrogen-bond donors (Lipinski definition) is 1. The van der Waals surface area contributed by atoms with Gasteiger partial charge in [-0.1, -0.05) is 52.3 Å². The molecule has 0 aliphatic rings. The Morgan fingerprint density at radius 1 is 1.04 bits per heavy atom. The van der Waals surface area contributed by atoms with E-state index < -0.39 is 5.97 Å². The maximum atomic E-state index is 11.7. The van der Waals surface area contributed by atoms with Crippen molar-refractivity contribution in [1.29, 1.82) is 0 Å². The lowest BCUT2D eigenvalue weighted by molar-refractivity contribution is -0.148. The van der Waals surface area contributed by atoms with Gasteiger partial charge >= 0.3 is 5.97 Å². The minimum atomic E-state index is -0.402. The molecule has 0 radical (unpaired) electrons. The molecule has 1 N–H and O–H groups in total. The van der Waals surface area contributed by atoms with Gasteiger partial charge in [0.25, 0.3) is 5.91 Å². The van der Waals surface area contributed by atoms with E-state index in [9.17, 15) is 9.59 Å². The molecule has 5 nitrogen and oxygen atoms in total. The number of carbonyl (C=O) groups is 2. The molecule has 0 heterocycles. The number of rotatable bonds is 10. The van der Waals surface area contributed by atoms with Crippen LogP contribution in [0.15, 0.2) is 59.1 Å². The molecule has 0 aromatic heterocycles. The number of carbonyl (C=O) groups excluding carboxylic acids is 2. The van der Waals surface area contributed by atoms with Crippen molar-refractivity contribution in [2.75, 3.05) is 19.8 Å². The zero-order valence-corrected chi connectivity index (χ0v) is 16.0. The summed E-state index contributed by atoms with van der Waals surface area (Å²) in [5.41, 5.74) is 1.15. The van der Waals surface area contributed by atoms with Gasteiger partial charge in [0.15, 0.2) is 6.61 Å². The van der Waals surface area contributed by atoms with Crippen molar-refractivity contribution in [3.63, 3.8) is 0 Å². The van der Waals surface area contributed by atoms with Crippen LogP contribution in [-0.4, -0.2) is 31.6 Å². The van der Waals surface area contributed by atoms with Crippen LogP contribution in [0.1, 0.15) is 18.4 Å². The Bertz CT molecular complexity index is 706. The van der Waals surface area contributed by atoms with E-state index in [4.69, 9.17) is 9.47 Å². The molecule has 2 rings (SSSR count). The SMILES string of the molecule is O=C(COC(=O)CCCOc1cccc(Br)c1)NCCc1ccccc1. The number of nitrogens with one attached hydrogen (secondary N) is 1. The molecule has 2 aromatic carbocycles. The lowest BCUT2D eigenvalue weighted by atomic mass is 10.1. The zero-order valence-electron chi connectivity index (χ0n) is 14.4. The second-order valence-corrected chi connectivity index (χ2v) is 6.57. The van der Waals surface area contributed by atoms with E-state index >= 15 is 0 Å². The summed E-state index contributed by atoms with van der Waals surface area (Å²) in [5, 5.41) is 2.74. The van der Waals surface area contributed by atoms with Crippen LogP contribution in [-0.2, 0) is 20.7 Å². The molecule has 6 heteroatoms. The minimum absolute atomic E-state index is 0.214. The smallest absolute Gasteiger partial charge is 0.306 e. The van der Waals surface area contributed by atoms with Gasteiger partial charge < -0.3 is 14.8 Å². The molecular formula is C20H22BrNO4. The van der Waals surface area contributed by atoms with Crippen molar-refractivity contribution in [1.82, 2.24) is 5.32 Å². The topological polar surface area (TPSA) is 64.6 Å². The monoisotopic (exact) mass is 419 g/mol. The first-order valence-electron chi connectivity index (χ1n) is 8.48. The molecule has 0 aliphatic carbocycles. The van der Waals surface area contributed by atoms with Crippen LogP contribution >= 0.6 is 15.9 Å². The highest BCUT2D eigenvalue weighted by Gasteiger charge is 2.07. The highest BCUT2D eigenvalue weighted by molar-refractivity contribution is 9.10. The van der Waals surface area contributed by atoms with Crippen molar-refractivity contribution < 1.29 is 19.1 Å². The van der Waals surface area contributed by atoms with E-state index in [-0.39, 0.29) is 18.9 Å². The molecule has 0 atom stereocenters. The number of amides is 1. The van der Waals surface area contributed by atoms with Gasteiger partial charge in [0.05, 0.1) is 6.61 Å². The lowest BCUT2D eigenvalue weighted by Gasteiger charge is -2.08. The molecule has 0 unspecified atom stereocenters. The van der Waals surface area contributed by atoms with Gasteiger partial charge in [-0.05, 0) is 36.6 Å². The maximum Gasteiger partial charge on any atom is 0.306 e. The van der Waals surface area contributed by atoms with E-state index in [2.05, 4.69) is 21.2 Å². The van der Waals surface area contributed by atoms with Gasteiger partial charge in [-0.25, -0.2) is 0 Å². The second-order valence-electron chi connectivity index (χ2n) is 5.66. The van der Waals surface area contributed by atoms with Crippen LogP contribution in [0.2, 0.25) is 0 Å². The van der Waals surface area contributed by atoms with Crippen LogP contribution in [0.3, 0.4) is 0 Å². The van der Waals surface area contributed by atoms with Crippen LogP contribution < -0.4 is 10.1 Å². The number of esters is 1. The standard InChI is InChI=1S/C20H22BrNO4/c21-17-8-4-9-18(14-17)25-13-5-10-20(24)26-15-19(23)22-12-11-16-6-2-1-3-7-16/h1-4,6-9,14H,5,10-13,15H2,(H,22,23). The third kappa shape index (κ3) is 8.16. The highest BCUT2D eigenvalue weighted by Crippen LogP contribution is 2.17. The molecular weight excluding hydrogens is 398 g/mol. The van der Waals surface area contributed by atoms with Crippen LogP contribution in [0, 0.1) is 0 Å². The van der Waals surface area contributed by atoms with Gasteiger partial charge in [0, 0.05) is 17.4 Å². The molecule has 2 aromatic rings. The molecule has 1 amide bonds. The minimum Gasteiger partial charge on any atom is -0.494 e. The van der Waals surface area contributed by atoms with Crippen LogP contribution in [0.5, 0.6) is 5.75 Å². The predicted octanol–water partition coefficient (Wildman–Crippen LogP) is 3.51. The Morgan fingerprint density at radius 3 is 2.62 bits per heavy atom. The van der Waals surface area contributed by atoms with Gasteiger partial charge in [0.2, 0.25) is 0 Å². The van der Waals surface area contributed by atoms with E-state index in [0.29, 0.717) is 19.6 Å². The van der Waals surface area contributed by atoms with E-state index in [1.54, 1.807) is 0 Å². The fourth-order valence-electron chi connectivity index (χ4n) is 2.22. The van der Waals surface area contributed by atoms with E-state index in [1.807, 2.05) is 54.6 Å². The molecule has 26 heavy (non-hydrogen) atoms. The Morgan fingerprint density at radius 2 is 1.85 bits per heavy atom. The average molecular weight is 420 g/mol. The molecule has 0 saturated carbocycles. The predicted molar refractivity (Wildman–Crippen MR) is 103 cm³/mol. The quantitative estimate of drug-likeness (QED) is 0.472. The molecule has 0 aliphatic heterocycles. The van der Waals surface area contributed by atoms with Crippen molar-refractivity contribution in [2.45, 2.75) is 19.3 Å². The summed E-state index contributed by atoms with van der Waals surface area (Å²) in [5.74, 6) is 0.0475. The van der Waals surface area contributed by atoms with Crippen molar-refractivity contribution in [2.24, 2.45) is 0 Å². The first-order chi connectivity index (χ1) is 12.6. The summed E-state index contributed by atoms with van der Waals surface area (Å²) in [4.78, 5) is 23.3. The number of ether oxygens (including phenoxy) is 2. The first kappa shape index (κ1) is 20.0. The summed E-state index contributed by atoms with van der Waals surface area (Å²) in [6, 6.07) is 17.4. The van der Waals surface area contributed by atoms with Gasteiger partial charge in [0.1, 0.15) is 5.75 Å². The van der Waals surface area contributed by atoms with Crippen LogP contribution in [0.4, 0.5) is 0 Å². The molecule has 138 valence electrons. The lowest BCUT2D eigenvalue weighted by Crippen LogP contribution is -2.30. The third-order valence-corrected chi connectivity index (χ3v) is 4.03. The summed E-state index contributed by atoms with van der Waals surface area (Å²) in [6.07, 6.45) is 1.49. The molecule has 0 spiro atoms. The molecule has 0 saturated heterocycles. The Balaban J connectivity index is 1.51. The average Bonchev–Trinajstić information content (AvgIpc) is 2.64. The zero-order chi connectivity index (χ0) is 18.6. The largest absolute Gasteiger partial charge is 0.494 e. The maximum absolute atomic E-state index is 11.7. The fraction of sp³-hybridized carbons (Fsp3) is 0.300. The number of hydrogen-bond acceptors (Lipinski definition) is 4. The normalized spacial score (nSPS) is 10.2. The van der Waals surface area contributed by atoms with Crippen molar-refractivity contribution in [3.05, 3.63) is 64.6 Å². The Labute approximate surface area is 161 Å². The Hall–Kier alpha value is -2.34. The Kier molecular flexibility index (Phi) is 8.69. The molecule has 0 bridgehead atoms. The van der Waals surface area contributed by atoms with Crippen LogP contribution in [0.25, 0.3) is 0 Å². The first-order valence-corrected chi connectivity index (χ1v) is 9.27. The number of halogens is 1. The van der Waals surface area contributed by atoms with Gasteiger partial charge in [-0.3, -0.25) is 9.59 Å². The number of benzene rings is 2. The second kappa shape index (κ2) is 11.3. The van der Waals surface area contributed by atoms with E-state index in [1.165, 1.54) is 0 Å². The summed E-state index contributed by atoms with van der Waals surface area (Å²) in [6.45, 7) is 0.676. The van der Waals surface area contributed by atoms with Gasteiger partial charge in [-0.2, -0.15) is 0 Å². The summed E-state index contributed by atoms with van der Waals surface area (Å²) >= 11 is 3.37. The fourth-order valence-corrected chi connectivity index (χ4v) is 2.60. The van der Waals surface area contributed by atoms with E-state index in [0.717, 1.165) is 22.2 Å². The summed E-state index contributed by atoms with van der Waals surface area (Å²) in [7, 11) is 0. The highest BCUT2D eigenvalue weighted by atomic mass is 79.9.